The molecule has 1 saturated heterocycles. The van der Waals surface area contributed by atoms with E-state index in [0.29, 0.717) is 10.6 Å². The number of anilines is 1. The molecule has 2 heterocycles. The number of nitriles is 1. The molecule has 0 atom stereocenters. The van der Waals surface area contributed by atoms with Crippen molar-refractivity contribution < 1.29 is 9.59 Å². The largest absolute Gasteiger partial charge is 0.333 e. The molecule has 2 aromatic carbocycles. The molecule has 1 aliphatic rings. The highest BCUT2D eigenvalue weighted by atomic mass is 32.2. The number of para-hydroxylation sites is 2. The van der Waals surface area contributed by atoms with Crippen molar-refractivity contribution in [2.24, 2.45) is 0 Å². The maximum absolute atomic E-state index is 12.7. The Labute approximate surface area is 154 Å². The van der Waals surface area contributed by atoms with Crippen molar-refractivity contribution in [3.05, 3.63) is 71.3 Å². The van der Waals surface area contributed by atoms with Crippen molar-refractivity contribution in [1.82, 2.24) is 4.57 Å². The molecule has 5 nitrogen and oxygen atoms in total. The molecule has 4 rings (SSSR count). The monoisotopic (exact) mass is 359 g/mol. The third-order valence-corrected chi connectivity index (χ3v) is 5.02. The first kappa shape index (κ1) is 16.2. The van der Waals surface area contributed by atoms with Crippen LogP contribution in [0.1, 0.15) is 5.56 Å². The highest BCUT2D eigenvalue weighted by Crippen LogP contribution is 2.36. The van der Waals surface area contributed by atoms with E-state index < -0.39 is 0 Å². The van der Waals surface area contributed by atoms with Crippen LogP contribution in [-0.4, -0.2) is 15.7 Å². The standard InChI is InChI=1S/C20H13N3O2S/c21-10-11-22-13-14(16-8-4-5-9-17(16)22)12-18-19(24)23(20(25)26-18)15-6-2-1-3-7-15/h1-9,12-13H,11H2. The van der Waals surface area contributed by atoms with Crippen molar-refractivity contribution in [2.45, 2.75) is 6.54 Å². The lowest BCUT2D eigenvalue weighted by Gasteiger charge is -2.11. The molecule has 0 spiro atoms. The summed E-state index contributed by atoms with van der Waals surface area (Å²) in [5, 5.41) is 9.64. The number of carbonyl (C=O) groups is 2. The zero-order valence-electron chi connectivity index (χ0n) is 13.6. The number of hydrogen-bond donors (Lipinski definition) is 0. The Morgan fingerprint density at radius 2 is 1.77 bits per heavy atom. The molecule has 0 unspecified atom stereocenters. The molecule has 3 aromatic rings. The number of nitrogens with zero attached hydrogens (tertiary/aromatic N) is 3. The number of carbonyl (C=O) groups excluding carboxylic acids is 2. The predicted molar refractivity (Wildman–Crippen MR) is 102 cm³/mol. The Bertz CT molecular complexity index is 1090. The second-order valence-corrected chi connectivity index (χ2v) is 6.73. The maximum atomic E-state index is 12.7. The van der Waals surface area contributed by atoms with Crippen LogP contribution in [-0.2, 0) is 11.3 Å². The molecule has 2 amide bonds. The van der Waals surface area contributed by atoms with Crippen LogP contribution in [0.2, 0.25) is 0 Å². The smallest absolute Gasteiger partial charge is 0.298 e. The van der Waals surface area contributed by atoms with Gasteiger partial charge in [0, 0.05) is 22.7 Å². The zero-order chi connectivity index (χ0) is 18.1. The Balaban J connectivity index is 1.76. The van der Waals surface area contributed by atoms with Gasteiger partial charge in [-0.15, -0.1) is 0 Å². The Morgan fingerprint density at radius 3 is 2.54 bits per heavy atom. The number of amides is 2. The summed E-state index contributed by atoms with van der Waals surface area (Å²) in [6, 6.07) is 18.7. The SMILES string of the molecule is N#CCn1cc(C=C2SC(=O)N(c3ccccc3)C2=O)c2ccccc21. The average molecular weight is 359 g/mol. The first-order chi connectivity index (χ1) is 12.7. The van der Waals surface area contributed by atoms with Gasteiger partial charge in [0.2, 0.25) is 0 Å². The van der Waals surface area contributed by atoms with Crippen LogP contribution in [0.25, 0.3) is 17.0 Å². The third kappa shape index (κ3) is 2.68. The second kappa shape index (κ2) is 6.54. The molecule has 1 fully saturated rings. The molecule has 126 valence electrons. The van der Waals surface area contributed by atoms with Crippen molar-refractivity contribution in [3.8, 4) is 6.07 Å². The van der Waals surface area contributed by atoms with Gasteiger partial charge in [-0.2, -0.15) is 5.26 Å². The third-order valence-electron chi connectivity index (χ3n) is 4.16. The van der Waals surface area contributed by atoms with Gasteiger partial charge in [0.1, 0.15) is 6.54 Å². The van der Waals surface area contributed by atoms with Crippen LogP contribution in [0, 0.1) is 11.3 Å². The molecule has 6 heteroatoms. The number of aromatic nitrogens is 1. The second-order valence-electron chi connectivity index (χ2n) is 5.74. The topological polar surface area (TPSA) is 66.1 Å². The van der Waals surface area contributed by atoms with Gasteiger partial charge in [0.05, 0.1) is 16.7 Å². The average Bonchev–Trinajstić information content (AvgIpc) is 3.14. The summed E-state index contributed by atoms with van der Waals surface area (Å²) in [7, 11) is 0. The number of thioether (sulfide) groups is 1. The molecule has 1 aromatic heterocycles. The summed E-state index contributed by atoms with van der Waals surface area (Å²) < 4.78 is 1.84. The van der Waals surface area contributed by atoms with Gasteiger partial charge in [-0.25, -0.2) is 4.90 Å². The van der Waals surface area contributed by atoms with E-state index in [1.54, 1.807) is 30.3 Å². The molecule has 0 aliphatic carbocycles. The summed E-state index contributed by atoms with van der Waals surface area (Å²) in [4.78, 5) is 26.6. The minimum Gasteiger partial charge on any atom is -0.333 e. The van der Waals surface area contributed by atoms with Crippen LogP contribution in [0.3, 0.4) is 0 Å². The van der Waals surface area contributed by atoms with E-state index in [1.165, 1.54) is 4.90 Å². The van der Waals surface area contributed by atoms with Crippen molar-refractivity contribution in [3.63, 3.8) is 0 Å². The summed E-state index contributed by atoms with van der Waals surface area (Å²) in [5.74, 6) is -0.330. The number of benzene rings is 2. The Hall–Kier alpha value is -3.30. The van der Waals surface area contributed by atoms with Gasteiger partial charge in [0.25, 0.3) is 11.1 Å². The van der Waals surface area contributed by atoms with Crippen molar-refractivity contribution in [1.29, 1.82) is 5.26 Å². The van der Waals surface area contributed by atoms with Crippen LogP contribution in [0.5, 0.6) is 0 Å². The van der Waals surface area contributed by atoms with Gasteiger partial charge < -0.3 is 4.57 Å². The van der Waals surface area contributed by atoms with E-state index in [0.717, 1.165) is 28.2 Å². The number of imide groups is 1. The zero-order valence-corrected chi connectivity index (χ0v) is 14.4. The summed E-state index contributed by atoms with van der Waals surface area (Å²) >= 11 is 0.927. The summed E-state index contributed by atoms with van der Waals surface area (Å²) in [6.07, 6.45) is 3.56. The Morgan fingerprint density at radius 1 is 1.04 bits per heavy atom. The van der Waals surface area contributed by atoms with Crippen LogP contribution < -0.4 is 4.90 Å². The molecule has 1 aliphatic heterocycles. The molecule has 0 N–H and O–H groups in total. The molecular weight excluding hydrogens is 346 g/mol. The fraction of sp³-hybridized carbons (Fsp3) is 0.0500. The molecule has 0 bridgehead atoms. The minimum atomic E-state index is -0.330. The predicted octanol–water partition coefficient (Wildman–Crippen LogP) is 4.41. The van der Waals surface area contributed by atoms with Crippen LogP contribution in [0.4, 0.5) is 10.5 Å². The molecule has 0 saturated carbocycles. The van der Waals surface area contributed by atoms with Gasteiger partial charge in [-0.1, -0.05) is 36.4 Å². The first-order valence-electron chi connectivity index (χ1n) is 7.97. The van der Waals surface area contributed by atoms with E-state index in [9.17, 15) is 9.59 Å². The normalized spacial score (nSPS) is 15.8. The fourth-order valence-corrected chi connectivity index (χ4v) is 3.84. The summed E-state index contributed by atoms with van der Waals surface area (Å²) in [6.45, 7) is 0.222. The van der Waals surface area contributed by atoms with Gasteiger partial charge in [0.15, 0.2) is 0 Å². The van der Waals surface area contributed by atoms with E-state index in [4.69, 9.17) is 5.26 Å². The quantitative estimate of drug-likeness (QED) is 0.650. The summed E-state index contributed by atoms with van der Waals surface area (Å²) in [5.41, 5.74) is 2.29. The molecule has 26 heavy (non-hydrogen) atoms. The van der Waals surface area contributed by atoms with Crippen LogP contribution in [0.15, 0.2) is 65.7 Å². The lowest BCUT2D eigenvalue weighted by molar-refractivity contribution is -0.113. The van der Waals surface area contributed by atoms with E-state index in [-0.39, 0.29) is 17.7 Å². The lowest BCUT2D eigenvalue weighted by Crippen LogP contribution is -2.27. The van der Waals surface area contributed by atoms with Gasteiger partial charge in [-0.3, -0.25) is 9.59 Å². The highest BCUT2D eigenvalue weighted by Gasteiger charge is 2.36. The lowest BCUT2D eigenvalue weighted by atomic mass is 10.1. The van der Waals surface area contributed by atoms with E-state index in [1.807, 2.05) is 41.1 Å². The maximum Gasteiger partial charge on any atom is 0.298 e. The van der Waals surface area contributed by atoms with Crippen molar-refractivity contribution in [2.75, 3.05) is 4.90 Å². The number of fused-ring (bicyclic) bond motifs is 1. The number of rotatable bonds is 3. The van der Waals surface area contributed by atoms with E-state index in [2.05, 4.69) is 6.07 Å². The molecular formula is C20H13N3O2S. The first-order valence-corrected chi connectivity index (χ1v) is 8.78. The Kier molecular flexibility index (Phi) is 4.07. The van der Waals surface area contributed by atoms with Gasteiger partial charge in [-0.05, 0) is 36.0 Å². The number of hydrogen-bond acceptors (Lipinski definition) is 4. The van der Waals surface area contributed by atoms with E-state index >= 15 is 0 Å². The van der Waals surface area contributed by atoms with Crippen molar-refractivity contribution >= 4 is 45.6 Å². The van der Waals surface area contributed by atoms with Gasteiger partial charge >= 0.3 is 0 Å². The fourth-order valence-electron chi connectivity index (χ4n) is 3.01. The van der Waals surface area contributed by atoms with Crippen LogP contribution >= 0.6 is 11.8 Å². The minimum absolute atomic E-state index is 0.222. The molecule has 0 radical (unpaired) electrons. The highest BCUT2D eigenvalue weighted by molar-refractivity contribution is 8.19.